The maximum Gasteiger partial charge on any atom is 0.326 e. The lowest BCUT2D eigenvalue weighted by Crippen LogP contribution is -2.36. The summed E-state index contributed by atoms with van der Waals surface area (Å²) in [5.41, 5.74) is 0.121. The third-order valence-corrected chi connectivity index (χ3v) is 5.41. The van der Waals surface area contributed by atoms with Gasteiger partial charge >= 0.3 is 5.97 Å². The van der Waals surface area contributed by atoms with Crippen molar-refractivity contribution >= 4 is 21.7 Å². The zero-order chi connectivity index (χ0) is 20.0. The van der Waals surface area contributed by atoms with Crippen molar-refractivity contribution in [1.29, 1.82) is 0 Å². The maximum absolute atomic E-state index is 13.2. The van der Waals surface area contributed by atoms with Crippen molar-refractivity contribution in [3.05, 3.63) is 48.3 Å². The smallest absolute Gasteiger partial charge is 0.326 e. The first-order chi connectivity index (χ1) is 12.8. The largest absolute Gasteiger partial charge is 0.497 e. The SMILES string of the molecule is CCOC(=O)CN(c1ccc(OC)cc1OC)S(=O)(=O)c1ccc(F)cc1. The molecule has 0 spiro atoms. The summed E-state index contributed by atoms with van der Waals surface area (Å²) in [5.74, 6) is -0.677. The summed E-state index contributed by atoms with van der Waals surface area (Å²) >= 11 is 0. The summed E-state index contributed by atoms with van der Waals surface area (Å²) in [6, 6.07) is 8.79. The Kier molecular flexibility index (Phi) is 6.62. The Hall–Kier alpha value is -2.81. The molecule has 0 saturated carbocycles. The highest BCUT2D eigenvalue weighted by atomic mass is 32.2. The molecule has 0 unspecified atom stereocenters. The van der Waals surface area contributed by atoms with Gasteiger partial charge in [0.2, 0.25) is 0 Å². The van der Waals surface area contributed by atoms with Crippen molar-refractivity contribution in [2.24, 2.45) is 0 Å². The van der Waals surface area contributed by atoms with Crippen LogP contribution in [0.5, 0.6) is 11.5 Å². The Labute approximate surface area is 157 Å². The van der Waals surface area contributed by atoms with Crippen LogP contribution in [0.15, 0.2) is 47.4 Å². The minimum absolute atomic E-state index is 0.100. The standard InChI is InChI=1S/C18H20FNO6S/c1-4-26-18(21)12-20(16-10-7-14(24-2)11-17(16)25-3)27(22,23)15-8-5-13(19)6-9-15/h5-11H,4,12H2,1-3H3. The highest BCUT2D eigenvalue weighted by Crippen LogP contribution is 2.35. The highest BCUT2D eigenvalue weighted by Gasteiger charge is 2.30. The number of esters is 1. The van der Waals surface area contributed by atoms with Crippen LogP contribution in [0.3, 0.4) is 0 Å². The normalized spacial score (nSPS) is 11.0. The third kappa shape index (κ3) is 4.68. The number of rotatable bonds is 8. The van der Waals surface area contributed by atoms with Crippen LogP contribution in [0.2, 0.25) is 0 Å². The van der Waals surface area contributed by atoms with Crippen molar-refractivity contribution in [3.63, 3.8) is 0 Å². The molecule has 27 heavy (non-hydrogen) atoms. The highest BCUT2D eigenvalue weighted by molar-refractivity contribution is 7.92. The molecule has 0 bridgehead atoms. The molecule has 0 atom stereocenters. The zero-order valence-electron chi connectivity index (χ0n) is 15.1. The molecule has 0 N–H and O–H groups in total. The van der Waals surface area contributed by atoms with Gasteiger partial charge in [0.05, 0.1) is 31.4 Å². The summed E-state index contributed by atoms with van der Waals surface area (Å²) in [6.07, 6.45) is 0. The van der Waals surface area contributed by atoms with Crippen molar-refractivity contribution < 1.29 is 31.8 Å². The van der Waals surface area contributed by atoms with E-state index in [4.69, 9.17) is 14.2 Å². The van der Waals surface area contributed by atoms with Gasteiger partial charge in [0.25, 0.3) is 10.0 Å². The number of carbonyl (C=O) groups is 1. The topological polar surface area (TPSA) is 82.1 Å². The van der Waals surface area contributed by atoms with Gasteiger partial charge in [-0.05, 0) is 43.3 Å². The van der Waals surface area contributed by atoms with Gasteiger partial charge in [0.1, 0.15) is 23.9 Å². The van der Waals surface area contributed by atoms with Crippen LogP contribution in [0.25, 0.3) is 0 Å². The number of halogens is 1. The molecule has 0 saturated heterocycles. The summed E-state index contributed by atoms with van der Waals surface area (Å²) in [5, 5.41) is 0. The van der Waals surface area contributed by atoms with Gasteiger partial charge in [-0.25, -0.2) is 12.8 Å². The van der Waals surface area contributed by atoms with E-state index in [2.05, 4.69) is 0 Å². The Morgan fingerprint density at radius 3 is 2.30 bits per heavy atom. The molecule has 146 valence electrons. The minimum atomic E-state index is -4.19. The maximum atomic E-state index is 13.2. The first kappa shape index (κ1) is 20.5. The van der Waals surface area contributed by atoms with Crippen molar-refractivity contribution in [1.82, 2.24) is 0 Å². The molecule has 0 aliphatic heterocycles. The fourth-order valence-electron chi connectivity index (χ4n) is 2.35. The number of sulfonamides is 1. The lowest BCUT2D eigenvalue weighted by Gasteiger charge is -2.25. The van der Waals surface area contributed by atoms with Gasteiger partial charge in [-0.15, -0.1) is 0 Å². The third-order valence-electron chi connectivity index (χ3n) is 3.64. The molecule has 9 heteroatoms. The monoisotopic (exact) mass is 397 g/mol. The van der Waals surface area contributed by atoms with Gasteiger partial charge in [0, 0.05) is 6.07 Å². The molecule has 2 rings (SSSR count). The van der Waals surface area contributed by atoms with E-state index in [0.717, 1.165) is 28.6 Å². The van der Waals surface area contributed by atoms with Crippen LogP contribution in [0, 0.1) is 5.82 Å². The number of hydrogen-bond acceptors (Lipinski definition) is 6. The zero-order valence-corrected chi connectivity index (χ0v) is 16.0. The summed E-state index contributed by atoms with van der Waals surface area (Å²) in [4.78, 5) is 11.9. The Balaban J connectivity index is 2.58. The van der Waals surface area contributed by atoms with E-state index >= 15 is 0 Å². The van der Waals surface area contributed by atoms with Crippen molar-refractivity contribution in [2.75, 3.05) is 31.7 Å². The first-order valence-corrected chi connectivity index (χ1v) is 9.43. The van der Waals surface area contributed by atoms with E-state index in [-0.39, 0.29) is 22.9 Å². The van der Waals surface area contributed by atoms with E-state index in [1.165, 1.54) is 32.4 Å². The summed E-state index contributed by atoms with van der Waals surface area (Å²) < 4.78 is 55.6. The molecule has 2 aromatic rings. The molecule has 0 aliphatic rings. The van der Waals surface area contributed by atoms with E-state index in [1.54, 1.807) is 6.92 Å². The average molecular weight is 397 g/mol. The Morgan fingerprint density at radius 2 is 1.74 bits per heavy atom. The lowest BCUT2D eigenvalue weighted by atomic mass is 10.2. The molecule has 0 amide bonds. The fraction of sp³-hybridized carbons (Fsp3) is 0.278. The van der Waals surface area contributed by atoms with E-state index in [9.17, 15) is 17.6 Å². The van der Waals surface area contributed by atoms with E-state index in [1.807, 2.05) is 0 Å². The van der Waals surface area contributed by atoms with Crippen molar-refractivity contribution in [2.45, 2.75) is 11.8 Å². The second-order valence-electron chi connectivity index (χ2n) is 5.31. The Bertz CT molecular complexity index is 899. The molecular formula is C18H20FNO6S. The molecule has 0 radical (unpaired) electrons. The second-order valence-corrected chi connectivity index (χ2v) is 7.17. The number of benzene rings is 2. The first-order valence-electron chi connectivity index (χ1n) is 7.99. The lowest BCUT2D eigenvalue weighted by molar-refractivity contribution is -0.141. The van der Waals surface area contributed by atoms with Gasteiger partial charge in [-0.3, -0.25) is 9.10 Å². The number of carbonyl (C=O) groups excluding carboxylic acids is 1. The number of anilines is 1. The van der Waals surface area contributed by atoms with Gasteiger partial charge in [-0.1, -0.05) is 0 Å². The van der Waals surface area contributed by atoms with E-state index in [0.29, 0.717) is 5.75 Å². The van der Waals surface area contributed by atoms with Crippen LogP contribution in [-0.2, 0) is 19.6 Å². The number of hydrogen-bond donors (Lipinski definition) is 0. The average Bonchev–Trinajstić information content (AvgIpc) is 2.66. The van der Waals surface area contributed by atoms with Crippen molar-refractivity contribution in [3.8, 4) is 11.5 Å². The predicted molar refractivity (Wildman–Crippen MR) is 97.1 cm³/mol. The quantitative estimate of drug-likeness (QED) is 0.637. The Morgan fingerprint density at radius 1 is 1.07 bits per heavy atom. The van der Waals surface area contributed by atoms with Crippen LogP contribution in [-0.4, -0.2) is 41.8 Å². The van der Waals surface area contributed by atoms with Crippen LogP contribution in [0.1, 0.15) is 6.92 Å². The summed E-state index contributed by atoms with van der Waals surface area (Å²) in [6.45, 7) is 1.14. The molecule has 2 aromatic carbocycles. The van der Waals surface area contributed by atoms with Crippen LogP contribution < -0.4 is 13.8 Å². The predicted octanol–water partition coefficient (Wildman–Crippen LogP) is 2.60. The van der Waals surface area contributed by atoms with Gasteiger partial charge in [0.15, 0.2) is 0 Å². The number of ether oxygens (including phenoxy) is 3. The van der Waals surface area contributed by atoms with Gasteiger partial charge in [-0.2, -0.15) is 0 Å². The molecular weight excluding hydrogens is 377 g/mol. The van der Waals surface area contributed by atoms with Gasteiger partial charge < -0.3 is 14.2 Å². The fourth-order valence-corrected chi connectivity index (χ4v) is 3.77. The molecule has 0 heterocycles. The molecule has 7 nitrogen and oxygen atoms in total. The molecule has 0 aromatic heterocycles. The summed E-state index contributed by atoms with van der Waals surface area (Å²) in [7, 11) is -1.37. The number of methoxy groups -OCH3 is 2. The second kappa shape index (κ2) is 8.72. The minimum Gasteiger partial charge on any atom is -0.497 e. The number of nitrogens with zero attached hydrogens (tertiary/aromatic N) is 1. The van der Waals surface area contributed by atoms with E-state index < -0.39 is 28.4 Å². The molecule has 0 aliphatic carbocycles. The molecule has 0 fully saturated rings. The van der Waals surface area contributed by atoms with Crippen LogP contribution >= 0.6 is 0 Å². The van der Waals surface area contributed by atoms with Crippen LogP contribution in [0.4, 0.5) is 10.1 Å².